The molecule has 0 spiro atoms. The zero-order valence-electron chi connectivity index (χ0n) is 19.8. The van der Waals surface area contributed by atoms with Gasteiger partial charge in [0.1, 0.15) is 12.6 Å². The third-order valence-electron chi connectivity index (χ3n) is 5.91. The average molecular weight is 492 g/mol. The van der Waals surface area contributed by atoms with Crippen LogP contribution in [0.2, 0.25) is 0 Å². The molecule has 2 aliphatic heterocycles. The van der Waals surface area contributed by atoms with E-state index in [1.165, 1.54) is 12.1 Å². The first-order valence-electron chi connectivity index (χ1n) is 11.5. The zero-order chi connectivity index (χ0) is 25.8. The van der Waals surface area contributed by atoms with Crippen LogP contribution in [0, 0.1) is 0 Å². The number of benzene rings is 2. The van der Waals surface area contributed by atoms with Gasteiger partial charge >= 0.3 is 18.0 Å². The summed E-state index contributed by atoms with van der Waals surface area (Å²) < 4.78 is 10.6. The second-order valence-corrected chi connectivity index (χ2v) is 8.27. The molecule has 36 heavy (non-hydrogen) atoms. The summed E-state index contributed by atoms with van der Waals surface area (Å²) in [6.45, 7) is 2.91. The van der Waals surface area contributed by atoms with Crippen LogP contribution in [0.5, 0.6) is 0 Å². The van der Waals surface area contributed by atoms with Gasteiger partial charge in [-0.05, 0) is 31.5 Å². The van der Waals surface area contributed by atoms with E-state index in [1.54, 1.807) is 50.2 Å². The normalized spacial score (nSPS) is 17.8. The summed E-state index contributed by atoms with van der Waals surface area (Å²) >= 11 is 0. The molecule has 2 aliphatic rings. The highest BCUT2D eigenvalue weighted by Crippen LogP contribution is 2.27. The Morgan fingerprint density at radius 1 is 0.944 bits per heavy atom. The Hall–Kier alpha value is -4.47. The van der Waals surface area contributed by atoms with E-state index in [1.807, 2.05) is 6.07 Å². The zero-order valence-corrected chi connectivity index (χ0v) is 19.8. The molecule has 2 atom stereocenters. The Kier molecular flexibility index (Phi) is 7.14. The van der Waals surface area contributed by atoms with Gasteiger partial charge in [-0.15, -0.1) is 0 Å². The fourth-order valence-electron chi connectivity index (χ4n) is 4.24. The molecule has 4 rings (SSSR count). The van der Waals surface area contributed by atoms with Crippen LogP contribution in [0.25, 0.3) is 0 Å². The van der Waals surface area contributed by atoms with Crippen molar-refractivity contribution in [3.63, 3.8) is 0 Å². The lowest BCUT2D eigenvalue weighted by Gasteiger charge is -2.28. The molecule has 1 unspecified atom stereocenters. The molecule has 2 aromatic rings. The predicted octanol–water partition coefficient (Wildman–Crippen LogP) is 1.96. The van der Waals surface area contributed by atoms with Crippen LogP contribution in [-0.4, -0.2) is 60.0 Å². The van der Waals surface area contributed by atoms with Crippen molar-refractivity contribution in [3.8, 4) is 0 Å². The van der Waals surface area contributed by atoms with Crippen molar-refractivity contribution < 1.29 is 33.4 Å². The van der Waals surface area contributed by atoms with Gasteiger partial charge in [-0.2, -0.15) is 0 Å². The Labute approximate surface area is 207 Å². The van der Waals surface area contributed by atoms with Crippen molar-refractivity contribution in [2.75, 3.05) is 13.2 Å². The van der Waals surface area contributed by atoms with Crippen molar-refractivity contribution in [2.45, 2.75) is 32.4 Å². The molecule has 0 radical (unpaired) electrons. The lowest BCUT2D eigenvalue weighted by Crippen LogP contribution is -2.51. The number of hydrogen-bond donors (Lipinski definition) is 2. The molecule has 0 aromatic heterocycles. The average Bonchev–Trinajstić information content (AvgIpc) is 3.11. The van der Waals surface area contributed by atoms with Crippen LogP contribution in [0.4, 0.5) is 4.79 Å². The molecule has 2 N–H and O–H groups in total. The molecule has 2 aromatic carbocycles. The van der Waals surface area contributed by atoms with Gasteiger partial charge in [0.15, 0.2) is 0 Å². The van der Waals surface area contributed by atoms with E-state index in [2.05, 4.69) is 10.6 Å². The highest BCUT2D eigenvalue weighted by Gasteiger charge is 2.43. The van der Waals surface area contributed by atoms with Gasteiger partial charge in [0, 0.05) is 6.42 Å². The quantitative estimate of drug-likeness (QED) is 0.426. The smallest absolute Gasteiger partial charge is 0.338 e. The molecular formula is C26H25N3O7. The third kappa shape index (κ3) is 4.83. The Morgan fingerprint density at radius 2 is 1.56 bits per heavy atom. The molecule has 0 bridgehead atoms. The van der Waals surface area contributed by atoms with Crippen LogP contribution in [0.3, 0.4) is 0 Å². The van der Waals surface area contributed by atoms with E-state index in [0.29, 0.717) is 5.56 Å². The number of urea groups is 1. The molecule has 2 heterocycles. The first-order valence-corrected chi connectivity index (χ1v) is 11.5. The number of esters is 2. The van der Waals surface area contributed by atoms with Gasteiger partial charge in [-0.25, -0.2) is 14.4 Å². The first kappa shape index (κ1) is 24.6. The van der Waals surface area contributed by atoms with Gasteiger partial charge < -0.3 is 20.1 Å². The summed E-state index contributed by atoms with van der Waals surface area (Å²) in [5.74, 6) is -2.71. The molecule has 10 heteroatoms. The summed E-state index contributed by atoms with van der Waals surface area (Å²) in [6, 6.07) is 12.8. The largest absolute Gasteiger partial charge is 0.463 e. The number of hydrogen-bond acceptors (Lipinski definition) is 7. The molecule has 186 valence electrons. The van der Waals surface area contributed by atoms with E-state index in [-0.39, 0.29) is 35.4 Å². The van der Waals surface area contributed by atoms with Gasteiger partial charge in [0.05, 0.1) is 35.0 Å². The van der Waals surface area contributed by atoms with Crippen LogP contribution in [0.1, 0.15) is 40.1 Å². The number of carbonyl (C=O) groups is 5. The molecule has 4 amide bonds. The Bertz CT molecular complexity index is 1220. The minimum Gasteiger partial charge on any atom is -0.463 e. The van der Waals surface area contributed by atoms with Gasteiger partial charge in [-0.1, -0.05) is 42.5 Å². The van der Waals surface area contributed by atoms with Crippen molar-refractivity contribution in [2.24, 2.45) is 0 Å². The van der Waals surface area contributed by atoms with E-state index < -0.39 is 48.5 Å². The fourth-order valence-corrected chi connectivity index (χ4v) is 4.24. The number of carbonyl (C=O) groups excluding carboxylic acids is 5. The predicted molar refractivity (Wildman–Crippen MR) is 127 cm³/mol. The Morgan fingerprint density at radius 3 is 2.17 bits per heavy atom. The maximum absolute atomic E-state index is 13.3. The van der Waals surface area contributed by atoms with Crippen molar-refractivity contribution in [1.29, 1.82) is 0 Å². The molecule has 0 saturated carbocycles. The minimum absolute atomic E-state index is 0.0270. The first-order chi connectivity index (χ1) is 17.3. The number of nitrogens with one attached hydrogen (secondary N) is 2. The van der Waals surface area contributed by atoms with Crippen molar-refractivity contribution in [3.05, 3.63) is 82.6 Å². The van der Waals surface area contributed by atoms with Gasteiger partial charge in [-0.3, -0.25) is 14.5 Å². The van der Waals surface area contributed by atoms with Crippen molar-refractivity contribution >= 4 is 29.8 Å². The number of rotatable bonds is 8. The lowest BCUT2D eigenvalue weighted by atomic mass is 10.0. The van der Waals surface area contributed by atoms with E-state index in [9.17, 15) is 24.0 Å². The van der Waals surface area contributed by atoms with Crippen LogP contribution < -0.4 is 10.6 Å². The number of amides is 4. The molecule has 0 saturated heterocycles. The highest BCUT2D eigenvalue weighted by atomic mass is 16.5. The number of fused-ring (bicyclic) bond motifs is 1. The SMILES string of the molecule is CCOC(=O)C1=C(COC(=O)[C@H](Cc2ccccc2)N2C(=O)c3ccccc3C2=O)NC(=O)NC1C. The summed E-state index contributed by atoms with van der Waals surface area (Å²) in [4.78, 5) is 64.9. The number of ether oxygens (including phenoxy) is 2. The summed E-state index contributed by atoms with van der Waals surface area (Å²) in [5, 5.41) is 5.05. The second-order valence-electron chi connectivity index (χ2n) is 8.27. The van der Waals surface area contributed by atoms with E-state index in [0.717, 1.165) is 4.90 Å². The van der Waals surface area contributed by atoms with E-state index in [4.69, 9.17) is 9.47 Å². The number of imide groups is 1. The second kappa shape index (κ2) is 10.4. The summed E-state index contributed by atoms with van der Waals surface area (Å²) in [5.41, 5.74) is 1.31. The van der Waals surface area contributed by atoms with Gasteiger partial charge in [0.2, 0.25) is 0 Å². The Balaban J connectivity index is 1.62. The molecule has 0 aliphatic carbocycles. The summed E-state index contributed by atoms with van der Waals surface area (Å²) in [6.07, 6.45) is 0.0270. The van der Waals surface area contributed by atoms with Gasteiger partial charge in [0.25, 0.3) is 11.8 Å². The third-order valence-corrected chi connectivity index (χ3v) is 5.91. The molecule has 10 nitrogen and oxygen atoms in total. The maximum Gasteiger partial charge on any atom is 0.338 e. The monoisotopic (exact) mass is 491 g/mol. The van der Waals surface area contributed by atoms with E-state index >= 15 is 0 Å². The highest BCUT2D eigenvalue weighted by molar-refractivity contribution is 6.22. The standard InChI is InChI=1S/C26H25N3O7/c1-3-35-25(33)21-15(2)27-26(34)28-19(21)14-36-24(32)20(13-16-9-5-4-6-10-16)29-22(30)17-11-7-8-12-18(17)23(29)31/h4-12,15,20H,3,13-14H2,1-2H3,(H2,27,28,34)/t15?,20-/m0/s1. The van der Waals surface area contributed by atoms with Crippen molar-refractivity contribution in [1.82, 2.24) is 15.5 Å². The van der Waals surface area contributed by atoms with Crippen LogP contribution in [-0.2, 0) is 25.5 Å². The maximum atomic E-state index is 13.3. The summed E-state index contributed by atoms with van der Waals surface area (Å²) in [7, 11) is 0. The fraction of sp³-hybridized carbons (Fsp3) is 0.269. The lowest BCUT2D eigenvalue weighted by molar-refractivity contribution is -0.147. The minimum atomic E-state index is -1.26. The topological polar surface area (TPSA) is 131 Å². The van der Waals surface area contributed by atoms with Crippen LogP contribution in [0.15, 0.2) is 65.9 Å². The number of nitrogens with zero attached hydrogens (tertiary/aromatic N) is 1. The molecular weight excluding hydrogens is 466 g/mol. The molecule has 0 fully saturated rings. The van der Waals surface area contributed by atoms with Crippen LogP contribution >= 0.6 is 0 Å².